The standard InChI is InChI=1S/C9H9N7O4/c1-15-4-12-9(13-15)20-8-6(7(10)14-17)2-5(3-11-8)16(18)19/h2-4,17H,1H3,(H2,10,14). The number of oxime groups is 1. The highest BCUT2D eigenvalue weighted by molar-refractivity contribution is 5.99. The molecule has 0 unspecified atom stereocenters. The molecule has 0 saturated heterocycles. The maximum atomic E-state index is 10.7. The van der Waals surface area contributed by atoms with Gasteiger partial charge < -0.3 is 15.7 Å². The van der Waals surface area contributed by atoms with E-state index in [4.69, 9.17) is 15.7 Å². The lowest BCUT2D eigenvalue weighted by Gasteiger charge is -2.05. The van der Waals surface area contributed by atoms with Crippen molar-refractivity contribution in [3.05, 3.63) is 34.3 Å². The number of nitro groups is 1. The molecule has 104 valence electrons. The van der Waals surface area contributed by atoms with Crippen LogP contribution in [-0.4, -0.2) is 35.7 Å². The molecule has 11 heteroatoms. The molecule has 0 fully saturated rings. The van der Waals surface area contributed by atoms with E-state index in [0.717, 1.165) is 12.3 Å². The Hall–Kier alpha value is -3.24. The van der Waals surface area contributed by atoms with Crippen LogP contribution in [0.3, 0.4) is 0 Å². The lowest BCUT2D eigenvalue weighted by Crippen LogP contribution is -2.15. The Balaban J connectivity index is 2.43. The van der Waals surface area contributed by atoms with E-state index in [0.29, 0.717) is 0 Å². The number of amidine groups is 1. The molecule has 3 N–H and O–H groups in total. The smallest absolute Gasteiger partial charge is 0.342 e. The average molecular weight is 279 g/mol. The largest absolute Gasteiger partial charge is 0.409 e. The summed E-state index contributed by atoms with van der Waals surface area (Å²) in [6.45, 7) is 0. The van der Waals surface area contributed by atoms with Gasteiger partial charge in [-0.05, 0) is 0 Å². The van der Waals surface area contributed by atoms with Gasteiger partial charge in [-0.1, -0.05) is 5.16 Å². The summed E-state index contributed by atoms with van der Waals surface area (Å²) in [5.41, 5.74) is 5.06. The molecule has 0 saturated carbocycles. The molecule has 11 nitrogen and oxygen atoms in total. The van der Waals surface area contributed by atoms with Gasteiger partial charge in [-0.2, -0.15) is 4.98 Å². The molecule has 2 heterocycles. The van der Waals surface area contributed by atoms with Gasteiger partial charge in [-0.15, -0.1) is 5.10 Å². The van der Waals surface area contributed by atoms with E-state index >= 15 is 0 Å². The minimum Gasteiger partial charge on any atom is -0.409 e. The number of rotatable bonds is 4. The predicted octanol–water partition coefficient (Wildman–Crippen LogP) is 0.00510. The molecule has 0 atom stereocenters. The molecular formula is C9H9N7O4. The lowest BCUT2D eigenvalue weighted by atomic mass is 10.2. The van der Waals surface area contributed by atoms with Crippen molar-refractivity contribution < 1.29 is 14.9 Å². The van der Waals surface area contributed by atoms with Gasteiger partial charge in [0.25, 0.3) is 5.69 Å². The number of nitrogens with two attached hydrogens (primary N) is 1. The molecule has 0 aromatic carbocycles. The summed E-state index contributed by atoms with van der Waals surface area (Å²) in [6.07, 6.45) is 2.37. The number of ether oxygens (including phenoxy) is 1. The van der Waals surface area contributed by atoms with Crippen LogP contribution in [0.1, 0.15) is 5.56 Å². The summed E-state index contributed by atoms with van der Waals surface area (Å²) in [5, 5.41) is 26.0. The van der Waals surface area contributed by atoms with Gasteiger partial charge in [0, 0.05) is 13.1 Å². The summed E-state index contributed by atoms with van der Waals surface area (Å²) in [6, 6.07) is 1.04. The van der Waals surface area contributed by atoms with Gasteiger partial charge in [0.2, 0.25) is 5.88 Å². The quantitative estimate of drug-likeness (QED) is 0.260. The molecule has 0 bridgehead atoms. The molecule has 0 aliphatic carbocycles. The molecular weight excluding hydrogens is 270 g/mol. The van der Waals surface area contributed by atoms with Crippen LogP contribution in [-0.2, 0) is 7.05 Å². The van der Waals surface area contributed by atoms with Crippen LogP contribution in [0, 0.1) is 10.1 Å². The molecule has 0 aliphatic heterocycles. The Morgan fingerprint density at radius 3 is 2.90 bits per heavy atom. The van der Waals surface area contributed by atoms with Gasteiger partial charge >= 0.3 is 6.01 Å². The summed E-state index contributed by atoms with van der Waals surface area (Å²) in [7, 11) is 1.63. The first-order valence-electron chi connectivity index (χ1n) is 5.17. The fourth-order valence-electron chi connectivity index (χ4n) is 1.31. The Kier molecular flexibility index (Phi) is 3.41. The van der Waals surface area contributed by atoms with Crippen LogP contribution in [0.4, 0.5) is 5.69 Å². The topological polar surface area (TPSA) is 155 Å². The van der Waals surface area contributed by atoms with Crippen LogP contribution >= 0.6 is 0 Å². The van der Waals surface area contributed by atoms with Crippen molar-refractivity contribution in [1.29, 1.82) is 0 Å². The monoisotopic (exact) mass is 279 g/mol. The first kappa shape index (κ1) is 13.2. The van der Waals surface area contributed by atoms with Gasteiger partial charge in [-0.3, -0.25) is 14.8 Å². The number of pyridine rings is 1. The number of hydrogen-bond acceptors (Lipinski definition) is 8. The zero-order valence-electron chi connectivity index (χ0n) is 10.2. The Labute approximate surface area is 111 Å². The third kappa shape index (κ3) is 2.60. The summed E-state index contributed by atoms with van der Waals surface area (Å²) in [5.74, 6) is -0.496. The van der Waals surface area contributed by atoms with Crippen molar-refractivity contribution in [2.45, 2.75) is 0 Å². The highest BCUT2D eigenvalue weighted by atomic mass is 16.6. The van der Waals surface area contributed by atoms with E-state index in [1.807, 2.05) is 0 Å². The van der Waals surface area contributed by atoms with Gasteiger partial charge in [0.1, 0.15) is 12.5 Å². The average Bonchev–Trinajstić information content (AvgIpc) is 2.83. The zero-order chi connectivity index (χ0) is 14.7. The first-order chi connectivity index (χ1) is 9.51. The SMILES string of the molecule is Cn1cnc(Oc2ncc([N+](=O)[O-])cc2C(N)=NO)n1. The highest BCUT2D eigenvalue weighted by Gasteiger charge is 2.18. The van der Waals surface area contributed by atoms with E-state index in [1.54, 1.807) is 7.05 Å². The maximum absolute atomic E-state index is 10.7. The van der Waals surface area contributed by atoms with Crippen molar-refractivity contribution in [1.82, 2.24) is 19.7 Å². The fraction of sp³-hybridized carbons (Fsp3) is 0.111. The van der Waals surface area contributed by atoms with E-state index in [2.05, 4.69) is 20.2 Å². The van der Waals surface area contributed by atoms with Crippen LogP contribution in [0.15, 0.2) is 23.7 Å². The van der Waals surface area contributed by atoms with Gasteiger partial charge in [-0.25, -0.2) is 4.98 Å². The zero-order valence-corrected chi connectivity index (χ0v) is 10.2. The van der Waals surface area contributed by atoms with E-state index in [-0.39, 0.29) is 29.0 Å². The predicted molar refractivity (Wildman–Crippen MR) is 64.5 cm³/mol. The molecule has 2 rings (SSSR count). The second-order valence-electron chi connectivity index (χ2n) is 3.59. The molecule has 2 aromatic heterocycles. The lowest BCUT2D eigenvalue weighted by molar-refractivity contribution is -0.385. The Morgan fingerprint density at radius 2 is 2.35 bits per heavy atom. The summed E-state index contributed by atoms with van der Waals surface area (Å²) < 4.78 is 6.63. The molecule has 0 spiro atoms. The van der Waals surface area contributed by atoms with Crippen molar-refractivity contribution >= 4 is 11.5 Å². The van der Waals surface area contributed by atoms with Crippen molar-refractivity contribution in [3.8, 4) is 11.9 Å². The number of nitrogens with zero attached hydrogens (tertiary/aromatic N) is 6. The number of aryl methyl sites for hydroxylation is 1. The second kappa shape index (κ2) is 5.17. The van der Waals surface area contributed by atoms with Crippen LogP contribution in [0.2, 0.25) is 0 Å². The molecule has 0 amide bonds. The third-order valence-corrected chi connectivity index (χ3v) is 2.20. The van der Waals surface area contributed by atoms with E-state index in [9.17, 15) is 10.1 Å². The number of aromatic nitrogens is 4. The van der Waals surface area contributed by atoms with Crippen molar-refractivity contribution in [2.24, 2.45) is 17.9 Å². The summed E-state index contributed by atoms with van der Waals surface area (Å²) in [4.78, 5) is 17.6. The van der Waals surface area contributed by atoms with Crippen molar-refractivity contribution in [3.63, 3.8) is 0 Å². The summed E-state index contributed by atoms with van der Waals surface area (Å²) >= 11 is 0. The van der Waals surface area contributed by atoms with Gasteiger partial charge in [0.05, 0.1) is 10.5 Å². The molecule has 0 radical (unpaired) electrons. The normalized spacial score (nSPS) is 11.3. The van der Waals surface area contributed by atoms with Gasteiger partial charge in [0.15, 0.2) is 5.84 Å². The minimum atomic E-state index is -0.663. The Bertz CT molecular complexity index is 681. The second-order valence-corrected chi connectivity index (χ2v) is 3.59. The third-order valence-electron chi connectivity index (χ3n) is 2.20. The van der Waals surface area contributed by atoms with Crippen molar-refractivity contribution in [2.75, 3.05) is 0 Å². The highest BCUT2D eigenvalue weighted by Crippen LogP contribution is 2.23. The maximum Gasteiger partial charge on any atom is 0.342 e. The van der Waals surface area contributed by atoms with Crippen LogP contribution < -0.4 is 10.5 Å². The number of hydrogen-bond donors (Lipinski definition) is 2. The van der Waals surface area contributed by atoms with E-state index in [1.165, 1.54) is 11.0 Å². The molecule has 0 aliphatic rings. The Morgan fingerprint density at radius 1 is 1.60 bits per heavy atom. The fourth-order valence-corrected chi connectivity index (χ4v) is 1.31. The minimum absolute atomic E-state index is 0.0270. The first-order valence-corrected chi connectivity index (χ1v) is 5.17. The molecule has 2 aromatic rings. The van der Waals surface area contributed by atoms with E-state index < -0.39 is 4.92 Å². The van der Waals surface area contributed by atoms with Crippen LogP contribution in [0.25, 0.3) is 0 Å². The van der Waals surface area contributed by atoms with Crippen LogP contribution in [0.5, 0.6) is 11.9 Å². The molecule has 20 heavy (non-hydrogen) atoms.